The fraction of sp³-hybridized carbons (Fsp3) is 0.600. The van der Waals surface area contributed by atoms with Crippen molar-refractivity contribution in [1.82, 2.24) is 15.2 Å². The van der Waals surface area contributed by atoms with Gasteiger partial charge in [0.05, 0.1) is 0 Å². The van der Waals surface area contributed by atoms with Crippen molar-refractivity contribution in [3.63, 3.8) is 0 Å². The first kappa shape index (κ1) is 12.6. The van der Waals surface area contributed by atoms with Gasteiger partial charge < -0.3 is 5.32 Å². The van der Waals surface area contributed by atoms with Crippen molar-refractivity contribution in [3.8, 4) is 0 Å². The molecule has 0 unspecified atom stereocenters. The van der Waals surface area contributed by atoms with Gasteiger partial charge in [0.1, 0.15) is 5.69 Å². The number of amides is 1. The van der Waals surface area contributed by atoms with Gasteiger partial charge in [-0.2, -0.15) is 0 Å². The number of carbonyl (C=O) groups excluding carboxylic acids is 1. The molecule has 0 saturated carbocycles. The monoisotopic (exact) mass is 259 g/mol. The smallest absolute Gasteiger partial charge is 0.270 e. The minimum atomic E-state index is -0.0267. The zero-order valence-corrected chi connectivity index (χ0v) is 11.4. The van der Waals surface area contributed by atoms with Crippen LogP contribution in [0.1, 0.15) is 41.9 Å². The molecule has 0 aromatic carbocycles. The van der Waals surface area contributed by atoms with Crippen molar-refractivity contribution in [2.75, 3.05) is 13.1 Å². The average Bonchev–Trinajstić information content (AvgIpc) is 2.82. The molecule has 0 aliphatic carbocycles. The van der Waals surface area contributed by atoms with E-state index in [4.69, 9.17) is 0 Å². The third-order valence-electron chi connectivity index (χ3n) is 4.29. The lowest BCUT2D eigenvalue weighted by molar-refractivity contribution is 0.0910. The zero-order chi connectivity index (χ0) is 13.2. The van der Waals surface area contributed by atoms with E-state index < -0.39 is 0 Å². The minimum Gasteiger partial charge on any atom is -0.346 e. The highest BCUT2D eigenvalue weighted by molar-refractivity contribution is 5.92. The molecule has 102 valence electrons. The van der Waals surface area contributed by atoms with Crippen LogP contribution in [0.2, 0.25) is 0 Å². The van der Waals surface area contributed by atoms with Crippen LogP contribution in [-0.4, -0.2) is 41.0 Å². The van der Waals surface area contributed by atoms with E-state index in [0.29, 0.717) is 17.8 Å². The van der Waals surface area contributed by atoms with Crippen LogP contribution in [0.5, 0.6) is 0 Å². The predicted molar refractivity (Wildman–Crippen MR) is 74.1 cm³/mol. The molecule has 2 aliphatic rings. The number of nitrogens with zero attached hydrogens (tertiary/aromatic N) is 2. The summed E-state index contributed by atoms with van der Waals surface area (Å²) in [6, 6.07) is 6.43. The number of aryl methyl sites for hydroxylation is 1. The van der Waals surface area contributed by atoms with E-state index in [9.17, 15) is 4.79 Å². The standard InChI is InChI=1S/C15H21N3O/c1-11-5-4-6-13(16-11)15(19)17-12-8-10-18-9-3-2-7-14(12)18/h4-6,12,14H,2-3,7-10H2,1H3,(H,17,19)/t12-,14+/m1/s1. The summed E-state index contributed by atoms with van der Waals surface area (Å²) in [5.74, 6) is -0.0267. The number of carbonyl (C=O) groups is 1. The number of rotatable bonds is 2. The SMILES string of the molecule is Cc1cccc(C(=O)N[C@@H]2CCN3CCCC[C@@H]23)n1. The first-order valence-corrected chi connectivity index (χ1v) is 7.22. The summed E-state index contributed by atoms with van der Waals surface area (Å²) in [4.78, 5) is 19.1. The quantitative estimate of drug-likeness (QED) is 0.880. The van der Waals surface area contributed by atoms with Gasteiger partial charge in [-0.05, 0) is 44.9 Å². The van der Waals surface area contributed by atoms with Crippen molar-refractivity contribution < 1.29 is 4.79 Å². The Kier molecular flexibility index (Phi) is 3.51. The Hall–Kier alpha value is -1.42. The summed E-state index contributed by atoms with van der Waals surface area (Å²) in [5.41, 5.74) is 1.42. The molecule has 1 amide bonds. The van der Waals surface area contributed by atoms with Crippen LogP contribution in [0.25, 0.3) is 0 Å². The molecule has 0 bridgehead atoms. The number of hydrogen-bond donors (Lipinski definition) is 1. The molecule has 2 aliphatic heterocycles. The lowest BCUT2D eigenvalue weighted by Gasteiger charge is -2.32. The van der Waals surface area contributed by atoms with Gasteiger partial charge in [0.2, 0.25) is 0 Å². The Morgan fingerprint density at radius 3 is 3.05 bits per heavy atom. The molecule has 19 heavy (non-hydrogen) atoms. The van der Waals surface area contributed by atoms with Crippen LogP contribution in [-0.2, 0) is 0 Å². The fourth-order valence-corrected chi connectivity index (χ4v) is 3.33. The Bertz CT molecular complexity index is 474. The molecule has 0 spiro atoms. The molecule has 3 rings (SSSR count). The summed E-state index contributed by atoms with van der Waals surface area (Å²) >= 11 is 0. The number of aromatic nitrogens is 1. The topological polar surface area (TPSA) is 45.2 Å². The van der Waals surface area contributed by atoms with Crippen molar-refractivity contribution >= 4 is 5.91 Å². The van der Waals surface area contributed by atoms with Crippen LogP contribution in [0.4, 0.5) is 0 Å². The van der Waals surface area contributed by atoms with E-state index in [1.807, 2.05) is 19.1 Å². The van der Waals surface area contributed by atoms with Gasteiger partial charge in [0.15, 0.2) is 0 Å². The summed E-state index contributed by atoms with van der Waals surface area (Å²) in [6.45, 7) is 4.23. The maximum absolute atomic E-state index is 12.2. The third kappa shape index (κ3) is 2.63. The van der Waals surface area contributed by atoms with Gasteiger partial charge in [0.25, 0.3) is 5.91 Å². The molecular weight excluding hydrogens is 238 g/mol. The molecule has 1 N–H and O–H groups in total. The maximum Gasteiger partial charge on any atom is 0.270 e. The van der Waals surface area contributed by atoms with Gasteiger partial charge in [-0.3, -0.25) is 9.69 Å². The molecule has 2 fully saturated rings. The Balaban J connectivity index is 1.66. The van der Waals surface area contributed by atoms with Crippen molar-refractivity contribution in [3.05, 3.63) is 29.6 Å². The zero-order valence-electron chi connectivity index (χ0n) is 11.4. The van der Waals surface area contributed by atoms with Crippen molar-refractivity contribution in [2.24, 2.45) is 0 Å². The molecule has 2 atom stereocenters. The van der Waals surface area contributed by atoms with Gasteiger partial charge in [-0.15, -0.1) is 0 Å². The Labute approximate surface area is 114 Å². The summed E-state index contributed by atoms with van der Waals surface area (Å²) in [6.07, 6.45) is 4.88. The number of piperidine rings is 1. The molecule has 3 heterocycles. The largest absolute Gasteiger partial charge is 0.346 e. The van der Waals surface area contributed by atoms with E-state index in [1.54, 1.807) is 6.07 Å². The second kappa shape index (κ2) is 5.29. The van der Waals surface area contributed by atoms with Crippen molar-refractivity contribution in [1.29, 1.82) is 0 Å². The second-order valence-electron chi connectivity index (χ2n) is 5.63. The molecule has 0 radical (unpaired) electrons. The van der Waals surface area contributed by atoms with Gasteiger partial charge in [-0.25, -0.2) is 4.98 Å². The molecule has 2 saturated heterocycles. The highest BCUT2D eigenvalue weighted by Crippen LogP contribution is 2.27. The summed E-state index contributed by atoms with van der Waals surface area (Å²) < 4.78 is 0. The van der Waals surface area contributed by atoms with Gasteiger partial charge in [0, 0.05) is 24.3 Å². The number of hydrogen-bond acceptors (Lipinski definition) is 3. The molecule has 4 heteroatoms. The Morgan fingerprint density at radius 2 is 2.21 bits per heavy atom. The molecule has 1 aromatic rings. The van der Waals surface area contributed by atoms with Gasteiger partial charge in [-0.1, -0.05) is 12.5 Å². The normalized spacial score (nSPS) is 27.0. The second-order valence-corrected chi connectivity index (χ2v) is 5.63. The van der Waals surface area contributed by atoms with Crippen LogP contribution < -0.4 is 5.32 Å². The average molecular weight is 259 g/mol. The summed E-state index contributed by atoms with van der Waals surface area (Å²) in [5, 5.41) is 3.18. The van der Waals surface area contributed by atoms with Crippen LogP contribution >= 0.6 is 0 Å². The highest BCUT2D eigenvalue weighted by atomic mass is 16.2. The van der Waals surface area contributed by atoms with E-state index >= 15 is 0 Å². The molecule has 4 nitrogen and oxygen atoms in total. The van der Waals surface area contributed by atoms with Crippen LogP contribution in [0.15, 0.2) is 18.2 Å². The predicted octanol–water partition coefficient (Wildman–Crippen LogP) is 1.75. The minimum absolute atomic E-state index is 0.0267. The molecular formula is C15H21N3O. The van der Waals surface area contributed by atoms with Crippen LogP contribution in [0, 0.1) is 6.92 Å². The first-order valence-electron chi connectivity index (χ1n) is 7.22. The van der Waals surface area contributed by atoms with E-state index in [1.165, 1.54) is 25.8 Å². The van der Waals surface area contributed by atoms with Crippen LogP contribution in [0.3, 0.4) is 0 Å². The third-order valence-corrected chi connectivity index (χ3v) is 4.29. The number of fused-ring (bicyclic) bond motifs is 1. The number of nitrogens with one attached hydrogen (secondary N) is 1. The fourth-order valence-electron chi connectivity index (χ4n) is 3.33. The van der Waals surface area contributed by atoms with Crippen molar-refractivity contribution in [2.45, 2.75) is 44.7 Å². The molecule has 1 aromatic heterocycles. The first-order chi connectivity index (χ1) is 9.24. The van der Waals surface area contributed by atoms with E-state index in [-0.39, 0.29) is 5.91 Å². The lowest BCUT2D eigenvalue weighted by Crippen LogP contribution is -2.46. The van der Waals surface area contributed by atoms with E-state index in [0.717, 1.165) is 18.7 Å². The highest BCUT2D eigenvalue weighted by Gasteiger charge is 2.36. The Morgan fingerprint density at radius 1 is 1.32 bits per heavy atom. The van der Waals surface area contributed by atoms with Gasteiger partial charge >= 0.3 is 0 Å². The number of pyridine rings is 1. The lowest BCUT2D eigenvalue weighted by atomic mass is 9.99. The summed E-state index contributed by atoms with van der Waals surface area (Å²) in [7, 11) is 0. The van der Waals surface area contributed by atoms with E-state index in [2.05, 4.69) is 15.2 Å². The maximum atomic E-state index is 12.2.